The minimum Gasteiger partial charge on any atom is -0.312 e. The Morgan fingerprint density at radius 3 is 2.57 bits per heavy atom. The lowest BCUT2D eigenvalue weighted by Crippen LogP contribution is -2.16. The van der Waals surface area contributed by atoms with Gasteiger partial charge < -0.3 is 4.57 Å². The van der Waals surface area contributed by atoms with Gasteiger partial charge in [-0.05, 0) is 66.1 Å². The van der Waals surface area contributed by atoms with Crippen molar-refractivity contribution in [3.63, 3.8) is 0 Å². The summed E-state index contributed by atoms with van der Waals surface area (Å²) in [6, 6.07) is 18.4. The highest BCUT2D eigenvalue weighted by molar-refractivity contribution is 7.92. The Balaban J connectivity index is 1.68. The first-order chi connectivity index (χ1) is 16.7. The molecule has 4 aromatic rings. The highest BCUT2D eigenvalue weighted by Crippen LogP contribution is 2.24. The molecule has 0 aliphatic carbocycles. The largest absolute Gasteiger partial charge is 0.312 e. The zero-order valence-corrected chi connectivity index (χ0v) is 21.6. The molecule has 1 heterocycles. The highest BCUT2D eigenvalue weighted by atomic mass is 35.5. The van der Waals surface area contributed by atoms with Gasteiger partial charge in [0.15, 0.2) is 4.80 Å². The Morgan fingerprint density at radius 1 is 1.14 bits per heavy atom. The molecule has 3 aromatic carbocycles. The molecule has 9 heteroatoms. The van der Waals surface area contributed by atoms with Crippen LogP contribution in [-0.2, 0) is 16.6 Å². The minimum atomic E-state index is -3.84. The number of sulfonamides is 1. The van der Waals surface area contributed by atoms with Crippen LogP contribution in [-0.4, -0.2) is 18.9 Å². The van der Waals surface area contributed by atoms with Gasteiger partial charge in [0.2, 0.25) is 0 Å². The topological polar surface area (TPSA) is 80.5 Å². The summed E-state index contributed by atoms with van der Waals surface area (Å²) in [5.41, 5.74) is 2.73. The third-order valence-corrected chi connectivity index (χ3v) is 8.06. The maximum atomic E-state index is 13.1. The van der Waals surface area contributed by atoms with Crippen LogP contribution in [0.25, 0.3) is 10.2 Å². The molecule has 0 saturated heterocycles. The minimum absolute atomic E-state index is 0.0693. The maximum absolute atomic E-state index is 13.1. The molecule has 0 bridgehead atoms. The number of thiazole rings is 1. The van der Waals surface area contributed by atoms with E-state index in [9.17, 15) is 13.2 Å². The van der Waals surface area contributed by atoms with E-state index in [0.717, 1.165) is 10.2 Å². The molecule has 1 aromatic heterocycles. The molecular formula is C26H24ClN3O3S2. The van der Waals surface area contributed by atoms with Gasteiger partial charge in [0, 0.05) is 22.8 Å². The van der Waals surface area contributed by atoms with Gasteiger partial charge in [0.1, 0.15) is 0 Å². The Bertz CT molecular complexity index is 1580. The predicted molar refractivity (Wildman–Crippen MR) is 143 cm³/mol. The summed E-state index contributed by atoms with van der Waals surface area (Å²) >= 11 is 7.29. The third kappa shape index (κ3) is 5.56. The number of hydrogen-bond acceptors (Lipinski definition) is 4. The molecule has 180 valence electrons. The van der Waals surface area contributed by atoms with Crippen LogP contribution in [0.3, 0.4) is 0 Å². The molecular weight excluding hydrogens is 502 g/mol. The summed E-state index contributed by atoms with van der Waals surface area (Å²) in [4.78, 5) is 18.0. The molecule has 35 heavy (non-hydrogen) atoms. The summed E-state index contributed by atoms with van der Waals surface area (Å²) in [7, 11) is -3.84. The van der Waals surface area contributed by atoms with Crippen LogP contribution < -0.4 is 9.52 Å². The molecule has 0 saturated carbocycles. The van der Waals surface area contributed by atoms with Gasteiger partial charge in [-0.25, -0.2) is 8.42 Å². The van der Waals surface area contributed by atoms with Crippen LogP contribution in [0.15, 0.2) is 89.3 Å². The van der Waals surface area contributed by atoms with Crippen molar-refractivity contribution < 1.29 is 13.2 Å². The van der Waals surface area contributed by atoms with E-state index in [1.54, 1.807) is 24.3 Å². The fraction of sp³-hybridized carbons (Fsp3) is 0.154. The average molecular weight is 526 g/mol. The molecule has 0 spiro atoms. The van der Waals surface area contributed by atoms with E-state index in [-0.39, 0.29) is 16.1 Å². The van der Waals surface area contributed by atoms with Crippen LogP contribution >= 0.6 is 22.9 Å². The predicted octanol–water partition coefficient (Wildman–Crippen LogP) is 6.21. The fourth-order valence-electron chi connectivity index (χ4n) is 3.53. The first-order valence-corrected chi connectivity index (χ1v) is 13.6. The van der Waals surface area contributed by atoms with Crippen molar-refractivity contribution in [2.45, 2.75) is 31.2 Å². The number of hydrogen-bond donors (Lipinski definition) is 1. The molecule has 6 nitrogen and oxygen atoms in total. The molecule has 1 amide bonds. The SMILES string of the molecule is C=CCn1c(=NC(=O)c2cccc(NS(=O)(=O)c3ccc(Cl)cc3)c2)sc2cc(C(C)C)ccc21. The summed E-state index contributed by atoms with van der Waals surface area (Å²) in [5, 5.41) is 0.438. The van der Waals surface area contributed by atoms with Crippen LogP contribution in [0.4, 0.5) is 5.69 Å². The van der Waals surface area contributed by atoms with Crippen molar-refractivity contribution in [1.29, 1.82) is 0 Å². The van der Waals surface area contributed by atoms with Crippen molar-refractivity contribution in [3.8, 4) is 0 Å². The van der Waals surface area contributed by atoms with Crippen LogP contribution in [0, 0.1) is 0 Å². The Morgan fingerprint density at radius 2 is 1.89 bits per heavy atom. The molecule has 0 atom stereocenters. The number of allylic oxidation sites excluding steroid dienone is 1. The quantitative estimate of drug-likeness (QED) is 0.291. The number of anilines is 1. The average Bonchev–Trinajstić information content (AvgIpc) is 3.15. The van der Waals surface area contributed by atoms with Gasteiger partial charge in [0.25, 0.3) is 15.9 Å². The first-order valence-electron chi connectivity index (χ1n) is 10.9. The van der Waals surface area contributed by atoms with Crippen LogP contribution in [0.2, 0.25) is 5.02 Å². The van der Waals surface area contributed by atoms with E-state index in [0.29, 0.717) is 22.3 Å². The summed E-state index contributed by atoms with van der Waals surface area (Å²) in [6.45, 7) is 8.60. The lowest BCUT2D eigenvalue weighted by Gasteiger charge is -2.09. The highest BCUT2D eigenvalue weighted by Gasteiger charge is 2.16. The second-order valence-electron chi connectivity index (χ2n) is 8.22. The van der Waals surface area contributed by atoms with Gasteiger partial charge in [-0.3, -0.25) is 9.52 Å². The Labute approximate surface area is 213 Å². The fourth-order valence-corrected chi connectivity index (χ4v) is 5.80. The van der Waals surface area contributed by atoms with Crippen molar-refractivity contribution >= 4 is 54.8 Å². The molecule has 0 aliphatic heterocycles. The maximum Gasteiger partial charge on any atom is 0.279 e. The molecule has 0 radical (unpaired) electrons. The second-order valence-corrected chi connectivity index (χ2v) is 11.4. The van der Waals surface area contributed by atoms with E-state index in [2.05, 4.69) is 42.3 Å². The number of aromatic nitrogens is 1. The van der Waals surface area contributed by atoms with E-state index >= 15 is 0 Å². The van der Waals surface area contributed by atoms with E-state index < -0.39 is 15.9 Å². The van der Waals surface area contributed by atoms with Gasteiger partial charge in [-0.15, -0.1) is 6.58 Å². The van der Waals surface area contributed by atoms with Gasteiger partial charge in [0.05, 0.1) is 15.1 Å². The molecule has 4 rings (SSSR count). The first kappa shape index (κ1) is 24.9. The Hall–Kier alpha value is -3.20. The van der Waals surface area contributed by atoms with Gasteiger partial charge in [-0.1, -0.05) is 55.0 Å². The standard InChI is InChI=1S/C26H24ClN3O3S2/c1-4-14-30-23-13-8-18(17(2)3)16-24(23)34-26(30)28-25(31)19-6-5-7-21(15-19)29-35(32,33)22-11-9-20(27)10-12-22/h4-13,15-17,29H,1,14H2,2-3H3. The number of benzene rings is 3. The van der Waals surface area contributed by atoms with Crippen molar-refractivity contribution in [1.82, 2.24) is 4.57 Å². The number of carbonyl (C=O) groups excluding carboxylic acids is 1. The van der Waals surface area contributed by atoms with Crippen LogP contribution in [0.5, 0.6) is 0 Å². The number of amides is 1. The lowest BCUT2D eigenvalue weighted by molar-refractivity contribution is 0.0998. The summed E-state index contributed by atoms with van der Waals surface area (Å²) < 4.78 is 30.9. The van der Waals surface area contributed by atoms with Crippen molar-refractivity contribution in [3.05, 3.63) is 100 Å². The lowest BCUT2D eigenvalue weighted by atomic mass is 10.0. The number of halogens is 1. The van der Waals surface area contributed by atoms with E-state index in [1.165, 1.54) is 47.2 Å². The molecule has 0 unspecified atom stereocenters. The van der Waals surface area contributed by atoms with Gasteiger partial charge in [-0.2, -0.15) is 4.99 Å². The number of carbonyl (C=O) groups is 1. The number of nitrogens with zero attached hydrogens (tertiary/aromatic N) is 2. The van der Waals surface area contributed by atoms with Gasteiger partial charge >= 0.3 is 0 Å². The monoisotopic (exact) mass is 525 g/mol. The number of nitrogens with one attached hydrogen (secondary N) is 1. The van der Waals surface area contributed by atoms with E-state index in [1.807, 2.05) is 10.6 Å². The van der Waals surface area contributed by atoms with Crippen molar-refractivity contribution in [2.75, 3.05) is 4.72 Å². The second kappa shape index (κ2) is 10.2. The number of fused-ring (bicyclic) bond motifs is 1. The van der Waals surface area contributed by atoms with E-state index in [4.69, 9.17) is 11.6 Å². The molecule has 0 aliphatic rings. The molecule has 0 fully saturated rings. The summed E-state index contributed by atoms with van der Waals surface area (Å²) in [5.74, 6) is -0.0817. The Kier molecular flexibility index (Phi) is 7.25. The van der Waals surface area contributed by atoms with Crippen LogP contribution in [0.1, 0.15) is 35.7 Å². The van der Waals surface area contributed by atoms with Crippen molar-refractivity contribution in [2.24, 2.45) is 4.99 Å². The zero-order chi connectivity index (χ0) is 25.2. The summed E-state index contributed by atoms with van der Waals surface area (Å²) in [6.07, 6.45) is 1.76. The molecule has 1 N–H and O–H groups in total. The number of rotatable bonds is 7. The third-order valence-electron chi connectivity index (χ3n) is 5.37. The zero-order valence-electron chi connectivity index (χ0n) is 19.2. The smallest absolute Gasteiger partial charge is 0.279 e. The normalized spacial score (nSPS) is 12.3.